The van der Waals surface area contributed by atoms with Crippen LogP contribution >= 0.6 is 0 Å². The molecule has 0 radical (unpaired) electrons. The van der Waals surface area contributed by atoms with Gasteiger partial charge in [-0.05, 0) is 18.6 Å². The van der Waals surface area contributed by atoms with Crippen LogP contribution in [0.4, 0.5) is 16.4 Å². The van der Waals surface area contributed by atoms with E-state index >= 15 is 0 Å². The zero-order valence-electron chi connectivity index (χ0n) is 14.9. The van der Waals surface area contributed by atoms with Crippen LogP contribution < -0.4 is 19.7 Å². The molecule has 2 aromatic rings. The Kier molecular flexibility index (Phi) is 5.67. The van der Waals surface area contributed by atoms with Gasteiger partial charge in [-0.15, -0.1) is 0 Å². The number of methoxy groups -OCH3 is 2. The Labute approximate surface area is 152 Å². The number of pyridine rings is 1. The highest BCUT2D eigenvalue weighted by Gasteiger charge is 2.21. The normalized spacial score (nSPS) is 14.5. The molecule has 3 heterocycles. The Bertz CT molecular complexity index is 743. The second-order valence-electron chi connectivity index (χ2n) is 5.72. The molecule has 1 N–H and O–H groups in total. The molecule has 9 heteroatoms. The summed E-state index contributed by atoms with van der Waals surface area (Å²) in [4.78, 5) is 29.2. The van der Waals surface area contributed by atoms with Crippen molar-refractivity contribution in [3.05, 3.63) is 30.6 Å². The van der Waals surface area contributed by atoms with Crippen molar-refractivity contribution < 1.29 is 14.3 Å². The first-order chi connectivity index (χ1) is 12.7. The van der Waals surface area contributed by atoms with Gasteiger partial charge in [0, 0.05) is 44.6 Å². The Morgan fingerprint density at radius 3 is 2.62 bits per heavy atom. The van der Waals surface area contributed by atoms with Crippen molar-refractivity contribution in [3.8, 4) is 11.8 Å². The van der Waals surface area contributed by atoms with Crippen molar-refractivity contribution in [2.24, 2.45) is 0 Å². The van der Waals surface area contributed by atoms with Crippen molar-refractivity contribution in [2.75, 3.05) is 50.6 Å². The summed E-state index contributed by atoms with van der Waals surface area (Å²) in [6, 6.07) is 4.99. The Balaban J connectivity index is 1.64. The highest BCUT2D eigenvalue weighted by Crippen LogP contribution is 2.25. The smallest absolute Gasteiger partial charge is 0.322 e. The number of ether oxygens (including phenoxy) is 2. The molecule has 2 amide bonds. The lowest BCUT2D eigenvalue weighted by Crippen LogP contribution is -2.38. The minimum absolute atomic E-state index is 0.189. The number of urea groups is 1. The molecule has 2 aromatic heterocycles. The van der Waals surface area contributed by atoms with E-state index in [4.69, 9.17) is 9.47 Å². The van der Waals surface area contributed by atoms with E-state index in [2.05, 4.69) is 25.2 Å². The van der Waals surface area contributed by atoms with Gasteiger partial charge in [-0.2, -0.15) is 4.98 Å². The molecular weight excluding hydrogens is 336 g/mol. The Morgan fingerprint density at radius 2 is 1.88 bits per heavy atom. The van der Waals surface area contributed by atoms with Gasteiger partial charge in [0.15, 0.2) is 0 Å². The van der Waals surface area contributed by atoms with E-state index in [1.807, 2.05) is 0 Å². The molecule has 0 atom stereocenters. The molecule has 1 aliphatic rings. The van der Waals surface area contributed by atoms with Crippen LogP contribution in [0.25, 0.3) is 0 Å². The first-order valence-electron chi connectivity index (χ1n) is 8.38. The SMILES string of the molecule is COc1ccc(NC(=O)N2CCCN(c3ncccn3)CC2)c(OC)n1. The highest BCUT2D eigenvalue weighted by atomic mass is 16.5. The fraction of sp³-hybridized carbons (Fsp3) is 0.412. The summed E-state index contributed by atoms with van der Waals surface area (Å²) < 4.78 is 10.3. The lowest BCUT2D eigenvalue weighted by Gasteiger charge is -2.22. The van der Waals surface area contributed by atoms with Crippen molar-refractivity contribution in [1.82, 2.24) is 19.9 Å². The molecule has 0 aliphatic carbocycles. The van der Waals surface area contributed by atoms with E-state index < -0.39 is 0 Å². The predicted octanol–water partition coefficient (Wildman–Crippen LogP) is 1.63. The maximum absolute atomic E-state index is 12.6. The second-order valence-corrected chi connectivity index (χ2v) is 5.72. The fourth-order valence-electron chi connectivity index (χ4n) is 2.76. The summed E-state index contributed by atoms with van der Waals surface area (Å²) in [5.74, 6) is 1.43. The summed E-state index contributed by atoms with van der Waals surface area (Å²) in [7, 11) is 3.03. The van der Waals surface area contributed by atoms with Crippen LogP contribution in [0, 0.1) is 0 Å². The van der Waals surface area contributed by atoms with Crippen LogP contribution in [0.5, 0.6) is 11.8 Å². The van der Waals surface area contributed by atoms with Crippen molar-refractivity contribution in [1.29, 1.82) is 0 Å². The summed E-state index contributed by atoms with van der Waals surface area (Å²) >= 11 is 0. The lowest BCUT2D eigenvalue weighted by molar-refractivity contribution is 0.215. The van der Waals surface area contributed by atoms with E-state index in [0.29, 0.717) is 43.0 Å². The zero-order chi connectivity index (χ0) is 18.4. The molecule has 26 heavy (non-hydrogen) atoms. The minimum atomic E-state index is -0.189. The predicted molar refractivity (Wildman–Crippen MR) is 96.8 cm³/mol. The zero-order valence-corrected chi connectivity index (χ0v) is 14.9. The van der Waals surface area contributed by atoms with Gasteiger partial charge in [0.25, 0.3) is 0 Å². The number of hydrogen-bond acceptors (Lipinski definition) is 7. The number of anilines is 2. The average molecular weight is 358 g/mol. The molecule has 1 saturated heterocycles. The number of aromatic nitrogens is 3. The largest absolute Gasteiger partial charge is 0.481 e. The number of carbonyl (C=O) groups is 1. The van der Waals surface area contributed by atoms with Gasteiger partial charge in [0.05, 0.1) is 14.2 Å². The van der Waals surface area contributed by atoms with Crippen LogP contribution in [0.15, 0.2) is 30.6 Å². The Hall–Kier alpha value is -3.10. The number of nitrogens with one attached hydrogen (secondary N) is 1. The third kappa shape index (κ3) is 4.11. The summed E-state index contributed by atoms with van der Waals surface area (Å²) in [6.45, 7) is 2.72. The molecule has 0 saturated carbocycles. The van der Waals surface area contributed by atoms with E-state index in [1.54, 1.807) is 35.5 Å². The minimum Gasteiger partial charge on any atom is -0.481 e. The van der Waals surface area contributed by atoms with Gasteiger partial charge in [-0.1, -0.05) is 0 Å². The number of nitrogens with zero attached hydrogens (tertiary/aromatic N) is 5. The highest BCUT2D eigenvalue weighted by molar-refractivity contribution is 5.90. The summed E-state index contributed by atoms with van der Waals surface area (Å²) in [5.41, 5.74) is 0.505. The molecular formula is C17H22N6O3. The first-order valence-corrected chi connectivity index (χ1v) is 8.38. The van der Waals surface area contributed by atoms with Crippen molar-refractivity contribution >= 4 is 17.7 Å². The third-order valence-electron chi connectivity index (χ3n) is 4.10. The maximum atomic E-state index is 12.6. The number of amides is 2. The number of rotatable bonds is 4. The molecule has 1 fully saturated rings. The van der Waals surface area contributed by atoms with Crippen LogP contribution in [0.1, 0.15) is 6.42 Å². The monoisotopic (exact) mass is 358 g/mol. The molecule has 0 aromatic carbocycles. The van der Waals surface area contributed by atoms with E-state index in [9.17, 15) is 4.79 Å². The van der Waals surface area contributed by atoms with Crippen LogP contribution in [0.3, 0.4) is 0 Å². The lowest BCUT2D eigenvalue weighted by atomic mass is 10.3. The van der Waals surface area contributed by atoms with Crippen LogP contribution in [-0.4, -0.2) is 66.3 Å². The van der Waals surface area contributed by atoms with Crippen LogP contribution in [0.2, 0.25) is 0 Å². The molecule has 0 unspecified atom stereocenters. The molecule has 0 bridgehead atoms. The van der Waals surface area contributed by atoms with E-state index in [1.165, 1.54) is 14.2 Å². The van der Waals surface area contributed by atoms with Gasteiger partial charge < -0.3 is 24.6 Å². The van der Waals surface area contributed by atoms with Crippen molar-refractivity contribution in [2.45, 2.75) is 6.42 Å². The molecule has 0 spiro atoms. The molecule has 9 nitrogen and oxygen atoms in total. The summed E-state index contributed by atoms with van der Waals surface area (Å²) in [5, 5.41) is 2.86. The van der Waals surface area contributed by atoms with Crippen molar-refractivity contribution in [3.63, 3.8) is 0 Å². The number of hydrogen-bond donors (Lipinski definition) is 1. The van der Waals surface area contributed by atoms with Gasteiger partial charge in [-0.3, -0.25) is 0 Å². The van der Waals surface area contributed by atoms with Gasteiger partial charge >= 0.3 is 6.03 Å². The molecule has 138 valence electrons. The quantitative estimate of drug-likeness (QED) is 0.888. The Morgan fingerprint density at radius 1 is 1.08 bits per heavy atom. The third-order valence-corrected chi connectivity index (χ3v) is 4.10. The molecule has 3 rings (SSSR count). The fourth-order valence-corrected chi connectivity index (χ4v) is 2.76. The number of carbonyl (C=O) groups excluding carboxylic acids is 1. The second kappa shape index (κ2) is 8.32. The maximum Gasteiger partial charge on any atom is 0.322 e. The topological polar surface area (TPSA) is 92.7 Å². The van der Waals surface area contributed by atoms with Gasteiger partial charge in [-0.25, -0.2) is 14.8 Å². The van der Waals surface area contributed by atoms with Crippen LogP contribution in [-0.2, 0) is 0 Å². The average Bonchev–Trinajstić information content (AvgIpc) is 2.95. The van der Waals surface area contributed by atoms with E-state index in [0.717, 1.165) is 13.0 Å². The molecule has 1 aliphatic heterocycles. The first kappa shape index (κ1) is 17.7. The van der Waals surface area contributed by atoms with Gasteiger partial charge in [0.1, 0.15) is 5.69 Å². The van der Waals surface area contributed by atoms with E-state index in [-0.39, 0.29) is 6.03 Å². The standard InChI is InChI=1S/C17H22N6O3/c1-25-14-6-5-13(15(21-14)26-2)20-17(24)23-10-4-9-22(11-12-23)16-18-7-3-8-19-16/h3,5-8H,4,9-12H2,1-2H3,(H,20,24). The van der Waals surface area contributed by atoms with Gasteiger partial charge in [0.2, 0.25) is 17.7 Å². The summed E-state index contributed by atoms with van der Waals surface area (Å²) in [6.07, 6.45) is 4.28.